The van der Waals surface area contributed by atoms with Crippen molar-refractivity contribution in [2.75, 3.05) is 26.1 Å². The summed E-state index contributed by atoms with van der Waals surface area (Å²) < 4.78 is 36.8. The quantitative estimate of drug-likeness (QED) is 0.524. The molecule has 9 heteroatoms. The van der Waals surface area contributed by atoms with E-state index in [0.29, 0.717) is 29.6 Å². The summed E-state index contributed by atoms with van der Waals surface area (Å²) in [5.41, 5.74) is 8.33. The Morgan fingerprint density at radius 3 is 2.23 bits per heavy atom. The van der Waals surface area contributed by atoms with Crippen molar-refractivity contribution in [1.82, 2.24) is 9.71 Å². The first-order valence-electron chi connectivity index (χ1n) is 9.60. The highest BCUT2D eigenvalue weighted by atomic mass is 32.2. The van der Waals surface area contributed by atoms with E-state index in [1.54, 1.807) is 37.4 Å². The summed E-state index contributed by atoms with van der Waals surface area (Å²) in [6.07, 6.45) is 0. The highest BCUT2D eigenvalue weighted by Gasteiger charge is 2.12. The molecule has 0 aliphatic rings. The molecule has 0 unspecified atom stereocenters. The number of rotatable bonds is 9. The van der Waals surface area contributed by atoms with Crippen LogP contribution in [0.3, 0.4) is 0 Å². The Morgan fingerprint density at radius 2 is 1.65 bits per heavy atom. The summed E-state index contributed by atoms with van der Waals surface area (Å²) >= 11 is 0. The highest BCUT2D eigenvalue weighted by Crippen LogP contribution is 2.29. The standard InChI is InChI=1S/C22H26N4O4S/c1-24-31(27,28)15-16-4-8-20(9-5-16)30-22-13-17(14-23)12-21(25-22)26(2)18-6-10-19(29-3)11-7-18/h4-13,24H,14-15,23H2,1-3H3. The van der Waals surface area contributed by atoms with Crippen molar-refractivity contribution in [2.45, 2.75) is 12.3 Å². The van der Waals surface area contributed by atoms with Crippen molar-refractivity contribution >= 4 is 21.5 Å². The first-order valence-corrected chi connectivity index (χ1v) is 11.3. The van der Waals surface area contributed by atoms with Crippen LogP contribution in [0.1, 0.15) is 11.1 Å². The van der Waals surface area contributed by atoms with Crippen molar-refractivity contribution in [3.8, 4) is 17.4 Å². The molecule has 0 fully saturated rings. The van der Waals surface area contributed by atoms with Crippen molar-refractivity contribution in [2.24, 2.45) is 5.73 Å². The molecule has 0 amide bonds. The van der Waals surface area contributed by atoms with E-state index in [9.17, 15) is 8.42 Å². The first kappa shape index (κ1) is 22.5. The van der Waals surface area contributed by atoms with Gasteiger partial charge in [-0.15, -0.1) is 0 Å². The molecule has 0 spiro atoms. The molecule has 164 valence electrons. The van der Waals surface area contributed by atoms with Crippen LogP contribution >= 0.6 is 0 Å². The Bertz CT molecular complexity index is 1120. The van der Waals surface area contributed by atoms with E-state index in [0.717, 1.165) is 17.0 Å². The molecule has 3 aromatic rings. The van der Waals surface area contributed by atoms with Gasteiger partial charge in [0.15, 0.2) is 0 Å². The zero-order valence-corrected chi connectivity index (χ0v) is 18.5. The molecule has 1 heterocycles. The molecule has 31 heavy (non-hydrogen) atoms. The van der Waals surface area contributed by atoms with Crippen LogP contribution in [0.15, 0.2) is 60.7 Å². The summed E-state index contributed by atoms with van der Waals surface area (Å²) in [7, 11) is 1.60. The number of nitrogens with zero attached hydrogens (tertiary/aromatic N) is 2. The lowest BCUT2D eigenvalue weighted by Gasteiger charge is -2.20. The van der Waals surface area contributed by atoms with Crippen molar-refractivity contribution in [3.63, 3.8) is 0 Å². The average molecular weight is 443 g/mol. The van der Waals surface area contributed by atoms with E-state index in [2.05, 4.69) is 9.71 Å². The van der Waals surface area contributed by atoms with E-state index in [1.165, 1.54) is 7.05 Å². The Hall–Kier alpha value is -3.14. The molecule has 0 atom stereocenters. The molecular formula is C22H26N4O4S. The fraction of sp³-hybridized carbons (Fsp3) is 0.227. The lowest BCUT2D eigenvalue weighted by Crippen LogP contribution is -2.20. The minimum atomic E-state index is -3.33. The predicted octanol–water partition coefficient (Wildman–Crippen LogP) is 3.16. The molecule has 8 nitrogen and oxygen atoms in total. The van der Waals surface area contributed by atoms with Crippen LogP contribution in [0.5, 0.6) is 17.4 Å². The second kappa shape index (κ2) is 9.78. The maximum atomic E-state index is 11.7. The molecule has 0 radical (unpaired) electrons. The number of sulfonamides is 1. The molecule has 3 rings (SSSR count). The predicted molar refractivity (Wildman–Crippen MR) is 121 cm³/mol. The van der Waals surface area contributed by atoms with E-state index >= 15 is 0 Å². The van der Waals surface area contributed by atoms with Crippen LogP contribution in [-0.4, -0.2) is 34.6 Å². The molecule has 0 saturated carbocycles. The molecule has 0 aliphatic carbocycles. The van der Waals surface area contributed by atoms with Gasteiger partial charge in [-0.25, -0.2) is 13.1 Å². The third-order valence-corrected chi connectivity index (χ3v) is 6.04. The van der Waals surface area contributed by atoms with Crippen molar-refractivity contribution in [3.05, 3.63) is 71.8 Å². The van der Waals surface area contributed by atoms with Gasteiger partial charge < -0.3 is 20.1 Å². The third-order valence-electron chi connectivity index (χ3n) is 4.70. The molecule has 0 saturated heterocycles. The van der Waals surface area contributed by atoms with Gasteiger partial charge in [-0.2, -0.15) is 4.98 Å². The summed E-state index contributed by atoms with van der Waals surface area (Å²) in [5.74, 6) is 2.30. The molecule has 2 aromatic carbocycles. The van der Waals surface area contributed by atoms with Gasteiger partial charge in [-0.3, -0.25) is 0 Å². The first-order chi connectivity index (χ1) is 14.8. The number of pyridine rings is 1. The van der Waals surface area contributed by atoms with Crippen LogP contribution in [0.2, 0.25) is 0 Å². The summed E-state index contributed by atoms with van der Waals surface area (Å²) in [4.78, 5) is 6.53. The highest BCUT2D eigenvalue weighted by molar-refractivity contribution is 7.88. The number of aromatic nitrogens is 1. The van der Waals surface area contributed by atoms with E-state index in [4.69, 9.17) is 15.2 Å². The second-order valence-corrected chi connectivity index (χ2v) is 8.77. The van der Waals surface area contributed by atoms with Gasteiger partial charge in [0.05, 0.1) is 12.9 Å². The van der Waals surface area contributed by atoms with E-state index in [1.807, 2.05) is 42.3 Å². The van der Waals surface area contributed by atoms with Crippen LogP contribution in [-0.2, 0) is 22.3 Å². The topological polar surface area (TPSA) is 107 Å². The van der Waals surface area contributed by atoms with Crippen LogP contribution in [0, 0.1) is 0 Å². The number of benzene rings is 2. The zero-order valence-electron chi connectivity index (χ0n) is 17.7. The number of ether oxygens (including phenoxy) is 2. The number of anilines is 2. The van der Waals surface area contributed by atoms with Gasteiger partial charge in [-0.1, -0.05) is 12.1 Å². The Balaban J connectivity index is 1.81. The maximum Gasteiger partial charge on any atom is 0.221 e. The van der Waals surface area contributed by atoms with Crippen molar-refractivity contribution < 1.29 is 17.9 Å². The Labute approximate surface area is 182 Å². The Kier molecular flexibility index (Phi) is 7.11. The zero-order chi connectivity index (χ0) is 22.4. The number of hydrogen-bond acceptors (Lipinski definition) is 7. The SMILES string of the molecule is CNS(=O)(=O)Cc1ccc(Oc2cc(CN)cc(N(C)c3ccc(OC)cc3)n2)cc1. The maximum absolute atomic E-state index is 11.7. The van der Waals surface area contributed by atoms with Crippen LogP contribution < -0.4 is 24.8 Å². The second-order valence-electron chi connectivity index (χ2n) is 6.84. The minimum absolute atomic E-state index is 0.0957. The molecule has 3 N–H and O–H groups in total. The monoisotopic (exact) mass is 442 g/mol. The van der Waals surface area contributed by atoms with Crippen LogP contribution in [0.4, 0.5) is 11.5 Å². The Morgan fingerprint density at radius 1 is 1.00 bits per heavy atom. The van der Waals surface area contributed by atoms with Gasteiger partial charge in [0.1, 0.15) is 17.3 Å². The van der Waals surface area contributed by atoms with Gasteiger partial charge in [-0.05, 0) is 60.6 Å². The summed E-state index contributed by atoms with van der Waals surface area (Å²) in [5, 5.41) is 0. The summed E-state index contributed by atoms with van der Waals surface area (Å²) in [6.45, 7) is 0.336. The molecular weight excluding hydrogens is 416 g/mol. The molecule has 1 aromatic heterocycles. The third kappa shape index (κ3) is 5.94. The van der Waals surface area contributed by atoms with Gasteiger partial charge in [0.2, 0.25) is 15.9 Å². The normalized spacial score (nSPS) is 11.2. The van der Waals surface area contributed by atoms with Gasteiger partial charge >= 0.3 is 0 Å². The number of methoxy groups -OCH3 is 1. The van der Waals surface area contributed by atoms with Crippen molar-refractivity contribution in [1.29, 1.82) is 0 Å². The van der Waals surface area contributed by atoms with E-state index in [-0.39, 0.29) is 5.75 Å². The number of hydrogen-bond donors (Lipinski definition) is 2. The summed E-state index contributed by atoms with van der Waals surface area (Å²) in [6, 6.07) is 18.2. The van der Waals surface area contributed by atoms with Gasteiger partial charge in [0, 0.05) is 25.3 Å². The van der Waals surface area contributed by atoms with E-state index < -0.39 is 10.0 Å². The van der Waals surface area contributed by atoms with Gasteiger partial charge in [0.25, 0.3) is 0 Å². The lowest BCUT2D eigenvalue weighted by molar-refractivity contribution is 0.415. The fourth-order valence-corrected chi connectivity index (χ4v) is 3.67. The fourth-order valence-electron chi connectivity index (χ4n) is 2.89. The smallest absolute Gasteiger partial charge is 0.221 e. The molecule has 0 aliphatic heterocycles. The largest absolute Gasteiger partial charge is 0.497 e. The molecule has 0 bridgehead atoms. The minimum Gasteiger partial charge on any atom is -0.497 e. The number of nitrogens with one attached hydrogen (secondary N) is 1. The van der Waals surface area contributed by atoms with Crippen LogP contribution in [0.25, 0.3) is 0 Å². The number of nitrogens with two attached hydrogens (primary N) is 1. The average Bonchev–Trinajstić information content (AvgIpc) is 2.79. The lowest BCUT2D eigenvalue weighted by atomic mass is 10.2.